The molecule has 3 rings (SSSR count). The van der Waals surface area contributed by atoms with Crippen molar-refractivity contribution >= 4 is 28.1 Å². The monoisotopic (exact) mass is 349 g/mol. The third kappa shape index (κ3) is 3.46. The molecule has 0 aromatic heterocycles. The van der Waals surface area contributed by atoms with Crippen LogP contribution in [0.15, 0.2) is 67.2 Å². The summed E-state index contributed by atoms with van der Waals surface area (Å²) in [6.07, 6.45) is 0. The van der Waals surface area contributed by atoms with Gasteiger partial charge in [-0.3, -0.25) is 25.8 Å². The van der Waals surface area contributed by atoms with Crippen LogP contribution in [-0.4, -0.2) is 15.9 Å². The fourth-order valence-corrected chi connectivity index (χ4v) is 2.49. The maximum absolute atomic E-state index is 12.3. The maximum atomic E-state index is 12.3. The SMILES string of the molecule is C=C(NNC(=O)c1cc2ccccc2cc1O)c1cccc([N+](=O)[O-])c1. The summed E-state index contributed by atoms with van der Waals surface area (Å²) in [5, 5.41) is 22.5. The zero-order chi connectivity index (χ0) is 18.7. The molecule has 7 heteroatoms. The van der Waals surface area contributed by atoms with E-state index in [1.807, 2.05) is 24.3 Å². The number of phenolic OH excluding ortho intramolecular Hbond substituents is 1. The van der Waals surface area contributed by atoms with Gasteiger partial charge in [-0.15, -0.1) is 0 Å². The Kier molecular flexibility index (Phi) is 4.53. The normalized spacial score (nSPS) is 10.3. The Bertz CT molecular complexity index is 1030. The average molecular weight is 349 g/mol. The number of amides is 1. The van der Waals surface area contributed by atoms with E-state index in [1.165, 1.54) is 24.3 Å². The molecule has 7 nitrogen and oxygen atoms in total. The van der Waals surface area contributed by atoms with Crippen molar-refractivity contribution in [3.8, 4) is 5.75 Å². The van der Waals surface area contributed by atoms with E-state index in [9.17, 15) is 20.0 Å². The summed E-state index contributed by atoms with van der Waals surface area (Å²) in [5.74, 6) is -0.705. The summed E-state index contributed by atoms with van der Waals surface area (Å²) >= 11 is 0. The molecule has 0 spiro atoms. The standard InChI is InChI=1S/C19H15N3O4/c1-12(13-7-4-8-16(9-13)22(25)26)20-21-19(24)17-10-14-5-2-3-6-15(14)11-18(17)23/h2-11,20,23H,1H2,(H,21,24). The van der Waals surface area contributed by atoms with E-state index < -0.39 is 10.8 Å². The zero-order valence-electron chi connectivity index (χ0n) is 13.6. The molecule has 0 atom stereocenters. The second-order valence-electron chi connectivity index (χ2n) is 5.58. The number of benzene rings is 3. The molecule has 0 aliphatic heterocycles. The van der Waals surface area contributed by atoms with Crippen molar-refractivity contribution in [3.05, 3.63) is 88.5 Å². The van der Waals surface area contributed by atoms with Gasteiger partial charge in [0.1, 0.15) is 5.75 Å². The second-order valence-corrected chi connectivity index (χ2v) is 5.58. The summed E-state index contributed by atoms with van der Waals surface area (Å²) < 4.78 is 0. The Morgan fingerprint density at radius 1 is 1.00 bits per heavy atom. The molecule has 0 unspecified atom stereocenters. The van der Waals surface area contributed by atoms with Crippen molar-refractivity contribution in [1.82, 2.24) is 10.9 Å². The number of fused-ring (bicyclic) bond motifs is 1. The van der Waals surface area contributed by atoms with Gasteiger partial charge in [0.2, 0.25) is 0 Å². The van der Waals surface area contributed by atoms with Gasteiger partial charge in [0, 0.05) is 17.7 Å². The fraction of sp³-hybridized carbons (Fsp3) is 0. The predicted molar refractivity (Wildman–Crippen MR) is 98.3 cm³/mol. The number of hydrogen-bond donors (Lipinski definition) is 3. The fourth-order valence-electron chi connectivity index (χ4n) is 2.49. The first-order chi connectivity index (χ1) is 12.5. The van der Waals surface area contributed by atoms with Crippen LogP contribution in [0.25, 0.3) is 16.5 Å². The maximum Gasteiger partial charge on any atom is 0.273 e. The van der Waals surface area contributed by atoms with Crippen LogP contribution in [-0.2, 0) is 0 Å². The summed E-state index contributed by atoms with van der Waals surface area (Å²) in [6.45, 7) is 3.75. The minimum Gasteiger partial charge on any atom is -0.507 e. The number of nitrogens with one attached hydrogen (secondary N) is 2. The van der Waals surface area contributed by atoms with Crippen LogP contribution in [0.1, 0.15) is 15.9 Å². The van der Waals surface area contributed by atoms with E-state index in [0.717, 1.165) is 10.8 Å². The Morgan fingerprint density at radius 2 is 1.69 bits per heavy atom. The van der Waals surface area contributed by atoms with Crippen molar-refractivity contribution in [2.45, 2.75) is 0 Å². The number of carbonyl (C=O) groups is 1. The van der Waals surface area contributed by atoms with E-state index in [2.05, 4.69) is 17.4 Å². The van der Waals surface area contributed by atoms with Crippen molar-refractivity contribution < 1.29 is 14.8 Å². The number of nitrogens with zero attached hydrogens (tertiary/aromatic N) is 1. The highest BCUT2D eigenvalue weighted by Gasteiger charge is 2.13. The van der Waals surface area contributed by atoms with Crippen molar-refractivity contribution in [3.63, 3.8) is 0 Å². The highest BCUT2D eigenvalue weighted by atomic mass is 16.6. The first-order valence-corrected chi connectivity index (χ1v) is 7.67. The number of nitro groups is 1. The summed E-state index contributed by atoms with van der Waals surface area (Å²) in [4.78, 5) is 22.7. The molecule has 0 saturated carbocycles. The molecular weight excluding hydrogens is 334 g/mol. The molecule has 0 aliphatic carbocycles. The summed E-state index contributed by atoms with van der Waals surface area (Å²) in [5.41, 5.74) is 5.80. The second kappa shape index (κ2) is 6.94. The number of hydrazine groups is 1. The van der Waals surface area contributed by atoms with Crippen LogP contribution < -0.4 is 10.9 Å². The van der Waals surface area contributed by atoms with E-state index in [1.54, 1.807) is 12.1 Å². The van der Waals surface area contributed by atoms with Crippen LogP contribution in [0.5, 0.6) is 5.75 Å². The Labute approximate surface area is 148 Å². The average Bonchev–Trinajstić information content (AvgIpc) is 2.65. The highest BCUT2D eigenvalue weighted by Crippen LogP contribution is 2.25. The van der Waals surface area contributed by atoms with Gasteiger partial charge in [-0.2, -0.15) is 0 Å². The number of nitro benzene ring substituents is 1. The van der Waals surface area contributed by atoms with Crippen LogP contribution >= 0.6 is 0 Å². The number of hydrogen-bond acceptors (Lipinski definition) is 5. The molecule has 0 radical (unpaired) electrons. The lowest BCUT2D eigenvalue weighted by Gasteiger charge is -2.12. The number of phenols is 1. The van der Waals surface area contributed by atoms with E-state index in [4.69, 9.17) is 0 Å². The minimum absolute atomic E-state index is 0.0797. The van der Waals surface area contributed by atoms with Gasteiger partial charge in [-0.25, -0.2) is 0 Å². The summed E-state index contributed by atoms with van der Waals surface area (Å²) in [6, 6.07) is 16.3. The Morgan fingerprint density at radius 3 is 2.38 bits per heavy atom. The number of rotatable bonds is 5. The highest BCUT2D eigenvalue weighted by molar-refractivity contribution is 6.01. The van der Waals surface area contributed by atoms with Gasteiger partial charge >= 0.3 is 0 Å². The van der Waals surface area contributed by atoms with Gasteiger partial charge in [0.15, 0.2) is 0 Å². The molecule has 0 heterocycles. The van der Waals surface area contributed by atoms with Crippen molar-refractivity contribution in [2.75, 3.05) is 0 Å². The Hall–Kier alpha value is -3.87. The van der Waals surface area contributed by atoms with Crippen LogP contribution in [0.2, 0.25) is 0 Å². The molecule has 3 aromatic carbocycles. The minimum atomic E-state index is -0.556. The number of non-ortho nitro benzene ring substituents is 1. The summed E-state index contributed by atoms with van der Waals surface area (Å²) in [7, 11) is 0. The molecule has 1 amide bonds. The lowest BCUT2D eigenvalue weighted by molar-refractivity contribution is -0.384. The van der Waals surface area contributed by atoms with Crippen molar-refractivity contribution in [1.29, 1.82) is 0 Å². The molecule has 0 saturated heterocycles. The molecule has 0 aliphatic rings. The molecule has 130 valence electrons. The molecular formula is C19H15N3O4. The Balaban J connectivity index is 1.74. The smallest absolute Gasteiger partial charge is 0.273 e. The van der Waals surface area contributed by atoms with E-state index in [-0.39, 0.29) is 22.7 Å². The molecule has 3 aromatic rings. The van der Waals surface area contributed by atoms with Gasteiger partial charge in [-0.05, 0) is 22.9 Å². The molecule has 26 heavy (non-hydrogen) atoms. The van der Waals surface area contributed by atoms with Gasteiger partial charge in [0.25, 0.3) is 11.6 Å². The van der Waals surface area contributed by atoms with E-state index >= 15 is 0 Å². The third-order valence-electron chi connectivity index (χ3n) is 3.84. The van der Waals surface area contributed by atoms with Gasteiger partial charge in [0.05, 0.1) is 16.2 Å². The van der Waals surface area contributed by atoms with Crippen LogP contribution in [0.4, 0.5) is 5.69 Å². The lowest BCUT2D eigenvalue weighted by atomic mass is 10.1. The lowest BCUT2D eigenvalue weighted by Crippen LogP contribution is -2.35. The van der Waals surface area contributed by atoms with E-state index in [0.29, 0.717) is 5.56 Å². The van der Waals surface area contributed by atoms with Gasteiger partial charge in [-0.1, -0.05) is 43.0 Å². The van der Waals surface area contributed by atoms with Crippen LogP contribution in [0, 0.1) is 10.1 Å². The quantitative estimate of drug-likeness (QED) is 0.484. The topological polar surface area (TPSA) is 104 Å². The zero-order valence-corrected chi connectivity index (χ0v) is 13.6. The predicted octanol–water partition coefficient (Wildman–Crippen LogP) is 3.36. The largest absolute Gasteiger partial charge is 0.507 e. The first kappa shape index (κ1) is 17.0. The first-order valence-electron chi connectivity index (χ1n) is 7.67. The van der Waals surface area contributed by atoms with Gasteiger partial charge < -0.3 is 5.11 Å². The van der Waals surface area contributed by atoms with Crippen molar-refractivity contribution in [2.24, 2.45) is 0 Å². The van der Waals surface area contributed by atoms with Crippen LogP contribution in [0.3, 0.4) is 0 Å². The number of carbonyl (C=O) groups excluding carboxylic acids is 1. The number of aromatic hydroxyl groups is 1. The molecule has 0 bridgehead atoms. The molecule has 0 fully saturated rings. The third-order valence-corrected chi connectivity index (χ3v) is 3.84. The molecule has 3 N–H and O–H groups in total.